The summed E-state index contributed by atoms with van der Waals surface area (Å²) in [5.74, 6) is 0.425. The summed E-state index contributed by atoms with van der Waals surface area (Å²) in [7, 11) is -2.08. The Bertz CT molecular complexity index is 781. The van der Waals surface area contributed by atoms with Crippen LogP contribution in [-0.4, -0.2) is 20.4 Å². The van der Waals surface area contributed by atoms with E-state index in [0.717, 1.165) is 10.0 Å². The molecular weight excluding hydrogens is 378 g/mol. The minimum Gasteiger partial charge on any atom is -0.372 e. The molecule has 0 saturated carbocycles. The molecule has 5 nitrogen and oxygen atoms in total. The summed E-state index contributed by atoms with van der Waals surface area (Å²) in [5, 5.41) is 3.01. The lowest BCUT2D eigenvalue weighted by atomic mass is 10.2. The topological polar surface area (TPSA) is 71.1 Å². The zero-order valence-electron chi connectivity index (χ0n) is 11.3. The highest BCUT2D eigenvalue weighted by atomic mass is 79.9. The van der Waals surface area contributed by atoms with E-state index in [-0.39, 0.29) is 9.92 Å². The van der Waals surface area contributed by atoms with E-state index in [0.29, 0.717) is 11.5 Å². The third-order valence-electron chi connectivity index (χ3n) is 2.79. The highest BCUT2D eigenvalue weighted by molar-refractivity contribution is 9.10. The Balaban J connectivity index is 2.33. The average molecular weight is 391 g/mol. The van der Waals surface area contributed by atoms with Gasteiger partial charge in [-0.15, -0.1) is 0 Å². The predicted octanol–water partition coefficient (Wildman–Crippen LogP) is 3.65. The van der Waals surface area contributed by atoms with E-state index >= 15 is 0 Å². The number of nitrogens with zero attached hydrogens (tertiary/aromatic N) is 1. The van der Waals surface area contributed by atoms with Crippen molar-refractivity contribution in [1.29, 1.82) is 0 Å². The second kappa shape index (κ2) is 6.21. The molecule has 0 bridgehead atoms. The molecule has 2 rings (SSSR count). The van der Waals surface area contributed by atoms with Crippen molar-refractivity contribution in [2.45, 2.75) is 11.8 Å². The van der Waals surface area contributed by atoms with Crippen molar-refractivity contribution in [1.82, 2.24) is 4.98 Å². The van der Waals surface area contributed by atoms with E-state index in [2.05, 4.69) is 31.0 Å². The van der Waals surface area contributed by atoms with Crippen LogP contribution in [-0.2, 0) is 10.0 Å². The Kier molecular flexibility index (Phi) is 4.75. The number of hydrogen-bond donors (Lipinski definition) is 2. The highest BCUT2D eigenvalue weighted by Gasteiger charge is 2.17. The van der Waals surface area contributed by atoms with Crippen molar-refractivity contribution in [2.24, 2.45) is 0 Å². The first-order chi connectivity index (χ1) is 9.83. The smallest absolute Gasteiger partial charge is 0.263 e. The number of anilines is 2. The Morgan fingerprint density at radius 3 is 2.57 bits per heavy atom. The van der Waals surface area contributed by atoms with Crippen LogP contribution in [0, 0.1) is 6.92 Å². The van der Waals surface area contributed by atoms with Crippen molar-refractivity contribution in [3.8, 4) is 0 Å². The van der Waals surface area contributed by atoms with E-state index in [1.807, 2.05) is 13.0 Å². The number of halogens is 2. The molecule has 2 aromatic rings. The van der Waals surface area contributed by atoms with Crippen LogP contribution in [0.2, 0.25) is 5.02 Å². The molecule has 0 saturated heterocycles. The summed E-state index contributed by atoms with van der Waals surface area (Å²) in [6, 6.07) is 6.56. The first kappa shape index (κ1) is 16.1. The van der Waals surface area contributed by atoms with Crippen LogP contribution in [0.4, 0.5) is 11.5 Å². The van der Waals surface area contributed by atoms with E-state index in [9.17, 15) is 8.42 Å². The maximum absolute atomic E-state index is 12.3. The van der Waals surface area contributed by atoms with Gasteiger partial charge in [0.15, 0.2) is 0 Å². The lowest BCUT2D eigenvalue weighted by molar-refractivity contribution is 0.601. The van der Waals surface area contributed by atoms with Gasteiger partial charge in [0.2, 0.25) is 0 Å². The van der Waals surface area contributed by atoms with Gasteiger partial charge < -0.3 is 5.32 Å². The maximum atomic E-state index is 12.3. The summed E-state index contributed by atoms with van der Waals surface area (Å²) < 4.78 is 27.9. The summed E-state index contributed by atoms with van der Waals surface area (Å²) in [5.41, 5.74) is 1.47. The number of benzene rings is 1. The van der Waals surface area contributed by atoms with Gasteiger partial charge in [-0.1, -0.05) is 33.6 Å². The van der Waals surface area contributed by atoms with Crippen LogP contribution in [0.25, 0.3) is 0 Å². The molecule has 8 heteroatoms. The van der Waals surface area contributed by atoms with Crippen LogP contribution in [0.15, 0.2) is 39.8 Å². The van der Waals surface area contributed by atoms with Gasteiger partial charge in [-0.2, -0.15) is 0 Å². The van der Waals surface area contributed by atoms with Gasteiger partial charge in [0, 0.05) is 23.4 Å². The molecule has 0 fully saturated rings. The third kappa shape index (κ3) is 3.66. The van der Waals surface area contributed by atoms with Crippen molar-refractivity contribution < 1.29 is 8.42 Å². The number of rotatable bonds is 4. The zero-order valence-corrected chi connectivity index (χ0v) is 14.5. The number of aromatic nitrogens is 1. The van der Waals surface area contributed by atoms with E-state index in [1.54, 1.807) is 19.2 Å². The quantitative estimate of drug-likeness (QED) is 0.836. The minimum atomic E-state index is -3.74. The Labute approximate surface area is 136 Å². The lowest BCUT2D eigenvalue weighted by Gasteiger charge is -2.10. The zero-order chi connectivity index (χ0) is 15.6. The lowest BCUT2D eigenvalue weighted by Crippen LogP contribution is -2.13. The number of aryl methyl sites for hydroxylation is 1. The summed E-state index contributed by atoms with van der Waals surface area (Å²) >= 11 is 9.32. The van der Waals surface area contributed by atoms with Crippen molar-refractivity contribution in [2.75, 3.05) is 17.1 Å². The minimum absolute atomic E-state index is 0.00296. The van der Waals surface area contributed by atoms with Crippen LogP contribution in [0.1, 0.15) is 5.56 Å². The second-order valence-corrected chi connectivity index (χ2v) is 7.26. The molecular formula is C13H13BrClN3O2S. The maximum Gasteiger partial charge on any atom is 0.263 e. The van der Waals surface area contributed by atoms with Crippen LogP contribution in [0.5, 0.6) is 0 Å². The molecule has 0 amide bonds. The summed E-state index contributed by atoms with van der Waals surface area (Å²) in [6.07, 6.45) is 1.25. The van der Waals surface area contributed by atoms with Crippen molar-refractivity contribution in [3.63, 3.8) is 0 Å². The summed E-state index contributed by atoms with van der Waals surface area (Å²) in [4.78, 5) is 3.97. The highest BCUT2D eigenvalue weighted by Crippen LogP contribution is 2.25. The Morgan fingerprint density at radius 1 is 1.29 bits per heavy atom. The Hall–Kier alpha value is -1.31. The van der Waals surface area contributed by atoms with Gasteiger partial charge in [-0.3, -0.25) is 4.72 Å². The Morgan fingerprint density at radius 2 is 2.00 bits per heavy atom. The monoisotopic (exact) mass is 389 g/mol. The first-order valence-electron chi connectivity index (χ1n) is 5.96. The fourth-order valence-electron chi connectivity index (χ4n) is 1.62. The third-order valence-corrected chi connectivity index (χ3v) is 5.28. The van der Waals surface area contributed by atoms with Gasteiger partial charge in [-0.05, 0) is 30.7 Å². The van der Waals surface area contributed by atoms with E-state index in [1.165, 1.54) is 12.3 Å². The first-order valence-corrected chi connectivity index (χ1v) is 8.61. The van der Waals surface area contributed by atoms with Crippen LogP contribution in [0.3, 0.4) is 0 Å². The van der Waals surface area contributed by atoms with Crippen molar-refractivity contribution in [3.05, 3.63) is 45.5 Å². The SMILES string of the molecule is CNc1ncc(S(=O)(=O)Nc2ccc(C)c(Br)c2)cc1Cl. The number of nitrogens with one attached hydrogen (secondary N) is 2. The van der Waals surface area contributed by atoms with Gasteiger partial charge >= 0.3 is 0 Å². The van der Waals surface area contributed by atoms with Crippen LogP contribution >= 0.6 is 27.5 Å². The number of sulfonamides is 1. The molecule has 21 heavy (non-hydrogen) atoms. The fraction of sp³-hybridized carbons (Fsp3) is 0.154. The molecule has 112 valence electrons. The van der Waals surface area contributed by atoms with E-state index in [4.69, 9.17) is 11.6 Å². The molecule has 0 aliphatic carbocycles. The molecule has 0 unspecified atom stereocenters. The number of pyridine rings is 1. The summed E-state index contributed by atoms with van der Waals surface area (Å²) in [6.45, 7) is 1.92. The normalized spacial score (nSPS) is 11.2. The average Bonchev–Trinajstić information content (AvgIpc) is 2.42. The van der Waals surface area contributed by atoms with Crippen LogP contribution < -0.4 is 10.0 Å². The van der Waals surface area contributed by atoms with E-state index < -0.39 is 10.0 Å². The second-order valence-electron chi connectivity index (χ2n) is 4.32. The molecule has 0 radical (unpaired) electrons. The standard InChI is InChI=1S/C13H13BrClN3O2S/c1-8-3-4-9(5-11(8)14)18-21(19,20)10-6-12(15)13(16-2)17-7-10/h3-7,18H,1-2H3,(H,16,17). The van der Waals surface area contributed by atoms with Gasteiger partial charge in [0.25, 0.3) is 10.0 Å². The molecule has 0 aliphatic heterocycles. The molecule has 0 atom stereocenters. The van der Waals surface area contributed by atoms with Crippen molar-refractivity contribution >= 4 is 49.1 Å². The molecule has 2 N–H and O–H groups in total. The molecule has 0 spiro atoms. The molecule has 1 heterocycles. The predicted molar refractivity (Wildman–Crippen MR) is 88.5 cm³/mol. The van der Waals surface area contributed by atoms with Gasteiger partial charge in [0.1, 0.15) is 10.7 Å². The van der Waals surface area contributed by atoms with Gasteiger partial charge in [0.05, 0.1) is 5.02 Å². The number of hydrogen-bond acceptors (Lipinski definition) is 4. The molecule has 1 aromatic carbocycles. The molecule has 1 aromatic heterocycles. The fourth-order valence-corrected chi connectivity index (χ4v) is 3.35. The van der Waals surface area contributed by atoms with Gasteiger partial charge in [-0.25, -0.2) is 13.4 Å². The largest absolute Gasteiger partial charge is 0.372 e. The molecule has 0 aliphatic rings.